The van der Waals surface area contributed by atoms with E-state index >= 15 is 0 Å². The lowest BCUT2D eigenvalue weighted by Crippen LogP contribution is -2.14. The first-order valence-corrected chi connectivity index (χ1v) is 6.14. The maximum absolute atomic E-state index is 10.9. The van der Waals surface area contributed by atoms with Crippen molar-refractivity contribution in [2.45, 2.75) is 45.1 Å². The average Bonchev–Trinajstić information content (AvgIpc) is 2.75. The van der Waals surface area contributed by atoms with Gasteiger partial charge in [-0.2, -0.15) is 0 Å². The van der Waals surface area contributed by atoms with Gasteiger partial charge in [0.05, 0.1) is 12.5 Å². The van der Waals surface area contributed by atoms with Crippen LogP contribution in [0, 0.1) is 6.92 Å². The Hall–Kier alpha value is -1.51. The van der Waals surface area contributed by atoms with Crippen LogP contribution in [0.2, 0.25) is 0 Å². The van der Waals surface area contributed by atoms with Gasteiger partial charge in [0.25, 0.3) is 0 Å². The molecule has 92 valence electrons. The number of aryl methyl sites for hydroxylation is 1. The zero-order chi connectivity index (χ0) is 12.3. The quantitative estimate of drug-likeness (QED) is 0.871. The number of benzene rings is 1. The van der Waals surface area contributed by atoms with Gasteiger partial charge in [0.1, 0.15) is 5.75 Å². The van der Waals surface area contributed by atoms with E-state index in [-0.39, 0.29) is 12.5 Å². The number of aliphatic carboxylic acids is 1. The molecule has 0 amide bonds. The summed E-state index contributed by atoms with van der Waals surface area (Å²) in [5, 5.41) is 8.92. The molecule has 0 aromatic heterocycles. The van der Waals surface area contributed by atoms with Crippen LogP contribution in [-0.4, -0.2) is 17.2 Å². The van der Waals surface area contributed by atoms with E-state index in [1.807, 2.05) is 25.1 Å². The summed E-state index contributed by atoms with van der Waals surface area (Å²) in [7, 11) is 0. The van der Waals surface area contributed by atoms with Gasteiger partial charge in [-0.25, -0.2) is 0 Å². The van der Waals surface area contributed by atoms with Crippen LogP contribution in [0.25, 0.3) is 0 Å². The van der Waals surface area contributed by atoms with E-state index in [4.69, 9.17) is 9.84 Å². The molecule has 2 rings (SSSR count). The van der Waals surface area contributed by atoms with E-state index in [2.05, 4.69) is 0 Å². The third-order valence-corrected chi connectivity index (χ3v) is 3.29. The van der Waals surface area contributed by atoms with Crippen molar-refractivity contribution in [3.05, 3.63) is 29.3 Å². The molecule has 1 aromatic rings. The molecular formula is C14H18O3. The zero-order valence-electron chi connectivity index (χ0n) is 10.1. The molecule has 0 spiro atoms. The van der Waals surface area contributed by atoms with E-state index < -0.39 is 5.97 Å². The van der Waals surface area contributed by atoms with Gasteiger partial charge in [-0.1, -0.05) is 12.1 Å². The van der Waals surface area contributed by atoms with Crippen LogP contribution >= 0.6 is 0 Å². The average molecular weight is 234 g/mol. The molecule has 1 saturated carbocycles. The highest BCUT2D eigenvalue weighted by Crippen LogP contribution is 2.28. The van der Waals surface area contributed by atoms with Crippen molar-refractivity contribution < 1.29 is 14.6 Å². The second-order valence-electron chi connectivity index (χ2n) is 4.65. The standard InChI is InChI=1S/C14H18O3/c1-10-5-4-8-13(12(10)9-14(15)16)17-11-6-2-3-7-11/h4-5,8,11H,2-3,6-7,9H2,1H3,(H,15,16). The topological polar surface area (TPSA) is 46.5 Å². The van der Waals surface area contributed by atoms with Crippen LogP contribution in [0.5, 0.6) is 5.75 Å². The minimum Gasteiger partial charge on any atom is -0.490 e. The van der Waals surface area contributed by atoms with Crippen molar-refractivity contribution in [1.82, 2.24) is 0 Å². The molecular weight excluding hydrogens is 216 g/mol. The number of rotatable bonds is 4. The molecule has 17 heavy (non-hydrogen) atoms. The van der Waals surface area contributed by atoms with Crippen LogP contribution in [0.15, 0.2) is 18.2 Å². The lowest BCUT2D eigenvalue weighted by atomic mass is 10.0. The SMILES string of the molecule is Cc1cccc(OC2CCCC2)c1CC(=O)O. The molecule has 1 aliphatic carbocycles. The third kappa shape index (κ3) is 2.99. The summed E-state index contributed by atoms with van der Waals surface area (Å²) < 4.78 is 5.92. The predicted molar refractivity (Wildman–Crippen MR) is 65.4 cm³/mol. The fourth-order valence-corrected chi connectivity index (χ4v) is 2.35. The van der Waals surface area contributed by atoms with Crippen molar-refractivity contribution in [3.63, 3.8) is 0 Å². The Bertz CT molecular complexity index is 406. The first-order chi connectivity index (χ1) is 8.16. The minimum absolute atomic E-state index is 0.0364. The van der Waals surface area contributed by atoms with Crippen LogP contribution in [0.3, 0.4) is 0 Å². The summed E-state index contributed by atoms with van der Waals surface area (Å²) in [5.41, 5.74) is 1.80. The van der Waals surface area contributed by atoms with Gasteiger partial charge in [0.2, 0.25) is 0 Å². The Balaban J connectivity index is 2.19. The monoisotopic (exact) mass is 234 g/mol. The number of hydrogen-bond donors (Lipinski definition) is 1. The highest BCUT2D eigenvalue weighted by atomic mass is 16.5. The second kappa shape index (κ2) is 5.21. The molecule has 0 aliphatic heterocycles. The normalized spacial score (nSPS) is 16.1. The van der Waals surface area contributed by atoms with Crippen LogP contribution in [0.1, 0.15) is 36.8 Å². The van der Waals surface area contributed by atoms with Gasteiger partial charge in [-0.05, 0) is 44.2 Å². The molecule has 0 atom stereocenters. The third-order valence-electron chi connectivity index (χ3n) is 3.29. The van der Waals surface area contributed by atoms with E-state index in [1.54, 1.807) is 0 Å². The fraction of sp³-hybridized carbons (Fsp3) is 0.500. The molecule has 0 saturated heterocycles. The Morgan fingerprint density at radius 3 is 2.76 bits per heavy atom. The van der Waals surface area contributed by atoms with E-state index in [1.165, 1.54) is 12.8 Å². The smallest absolute Gasteiger partial charge is 0.307 e. The van der Waals surface area contributed by atoms with Gasteiger partial charge in [0.15, 0.2) is 0 Å². The number of carbonyl (C=O) groups is 1. The zero-order valence-corrected chi connectivity index (χ0v) is 10.1. The Morgan fingerprint density at radius 1 is 1.41 bits per heavy atom. The molecule has 0 unspecified atom stereocenters. The predicted octanol–water partition coefficient (Wildman–Crippen LogP) is 2.94. The Labute approximate surface area is 101 Å². The number of carboxylic acid groups (broad SMARTS) is 1. The molecule has 3 heteroatoms. The summed E-state index contributed by atoms with van der Waals surface area (Å²) in [6.07, 6.45) is 4.90. The number of ether oxygens (including phenoxy) is 1. The first kappa shape index (κ1) is 12.0. The van der Waals surface area contributed by atoms with E-state index in [0.29, 0.717) is 0 Å². The Kier molecular flexibility index (Phi) is 3.67. The van der Waals surface area contributed by atoms with Crippen molar-refractivity contribution >= 4 is 5.97 Å². The lowest BCUT2D eigenvalue weighted by Gasteiger charge is -2.17. The van der Waals surface area contributed by atoms with Crippen molar-refractivity contribution in [2.75, 3.05) is 0 Å². The molecule has 1 aromatic carbocycles. The minimum atomic E-state index is -0.810. The number of carboxylic acids is 1. The highest BCUT2D eigenvalue weighted by molar-refractivity contribution is 5.72. The van der Waals surface area contributed by atoms with Crippen LogP contribution in [0.4, 0.5) is 0 Å². The van der Waals surface area contributed by atoms with Crippen LogP contribution in [-0.2, 0) is 11.2 Å². The van der Waals surface area contributed by atoms with E-state index in [9.17, 15) is 4.79 Å². The molecule has 0 heterocycles. The molecule has 3 nitrogen and oxygen atoms in total. The largest absolute Gasteiger partial charge is 0.490 e. The molecule has 1 aliphatic rings. The van der Waals surface area contributed by atoms with Crippen molar-refractivity contribution in [1.29, 1.82) is 0 Å². The van der Waals surface area contributed by atoms with Gasteiger partial charge in [0, 0.05) is 5.56 Å². The summed E-state index contributed by atoms with van der Waals surface area (Å²) in [6, 6.07) is 5.73. The van der Waals surface area contributed by atoms with E-state index in [0.717, 1.165) is 29.7 Å². The molecule has 0 radical (unpaired) electrons. The van der Waals surface area contributed by atoms with Gasteiger partial charge >= 0.3 is 5.97 Å². The summed E-state index contributed by atoms with van der Waals surface area (Å²) in [6.45, 7) is 1.93. The molecule has 1 N–H and O–H groups in total. The second-order valence-corrected chi connectivity index (χ2v) is 4.65. The van der Waals surface area contributed by atoms with Crippen LogP contribution < -0.4 is 4.74 Å². The maximum Gasteiger partial charge on any atom is 0.307 e. The van der Waals surface area contributed by atoms with Gasteiger partial charge in [-0.15, -0.1) is 0 Å². The summed E-state index contributed by atoms with van der Waals surface area (Å²) in [5.74, 6) is -0.0603. The van der Waals surface area contributed by atoms with Gasteiger partial charge < -0.3 is 9.84 Å². The molecule has 0 bridgehead atoms. The summed E-state index contributed by atoms with van der Waals surface area (Å²) >= 11 is 0. The molecule has 1 fully saturated rings. The number of hydrogen-bond acceptors (Lipinski definition) is 2. The summed E-state index contributed by atoms with van der Waals surface area (Å²) in [4.78, 5) is 10.9. The van der Waals surface area contributed by atoms with Crippen molar-refractivity contribution in [2.24, 2.45) is 0 Å². The highest BCUT2D eigenvalue weighted by Gasteiger charge is 2.19. The van der Waals surface area contributed by atoms with Crippen molar-refractivity contribution in [3.8, 4) is 5.75 Å². The lowest BCUT2D eigenvalue weighted by molar-refractivity contribution is -0.136. The fourth-order valence-electron chi connectivity index (χ4n) is 2.35. The van der Waals surface area contributed by atoms with Gasteiger partial charge in [-0.3, -0.25) is 4.79 Å². The Morgan fingerprint density at radius 2 is 2.12 bits per heavy atom. The maximum atomic E-state index is 10.9. The first-order valence-electron chi connectivity index (χ1n) is 6.14.